The Kier molecular flexibility index (Phi) is 4.54. The Morgan fingerprint density at radius 3 is 2.83 bits per heavy atom. The van der Waals surface area contributed by atoms with Gasteiger partial charge in [-0.3, -0.25) is 0 Å². The van der Waals surface area contributed by atoms with Gasteiger partial charge in [0.1, 0.15) is 5.82 Å². The summed E-state index contributed by atoms with van der Waals surface area (Å²) < 4.78 is 14.0. The first kappa shape index (κ1) is 13.7. The molecule has 1 atom stereocenters. The van der Waals surface area contributed by atoms with Crippen LogP contribution in [0.4, 0.5) is 4.39 Å². The average molecular weight is 329 g/mol. The maximum absolute atomic E-state index is 13.3. The number of aliphatic hydroxyl groups excluding tert-OH is 1. The van der Waals surface area contributed by atoms with E-state index in [0.717, 1.165) is 16.9 Å². The number of hydrogen-bond donors (Lipinski definition) is 1. The van der Waals surface area contributed by atoms with Crippen LogP contribution in [0.15, 0.2) is 34.1 Å². The second kappa shape index (κ2) is 5.95. The molecular formula is C14H14BrFOS. The van der Waals surface area contributed by atoms with Gasteiger partial charge in [-0.1, -0.05) is 22.9 Å². The van der Waals surface area contributed by atoms with Crippen molar-refractivity contribution in [3.8, 4) is 0 Å². The summed E-state index contributed by atoms with van der Waals surface area (Å²) in [5.74, 6) is -0.284. The van der Waals surface area contributed by atoms with E-state index in [0.29, 0.717) is 10.9 Å². The van der Waals surface area contributed by atoms with Crippen LogP contribution >= 0.6 is 27.3 Å². The molecule has 4 heteroatoms. The molecule has 1 unspecified atom stereocenters. The molecule has 0 saturated heterocycles. The number of hydrogen-bond acceptors (Lipinski definition) is 2. The number of aliphatic hydroxyl groups is 1. The van der Waals surface area contributed by atoms with Crippen LogP contribution in [0.1, 0.15) is 29.0 Å². The lowest BCUT2D eigenvalue weighted by Crippen LogP contribution is -2.02. The van der Waals surface area contributed by atoms with Crippen LogP contribution in [0.3, 0.4) is 0 Å². The molecule has 2 aromatic rings. The van der Waals surface area contributed by atoms with Crippen molar-refractivity contribution in [1.82, 2.24) is 0 Å². The van der Waals surface area contributed by atoms with Crippen LogP contribution < -0.4 is 0 Å². The fourth-order valence-corrected chi connectivity index (χ4v) is 3.47. The molecule has 1 N–H and O–H groups in total. The first-order chi connectivity index (χ1) is 8.60. The third-order valence-electron chi connectivity index (χ3n) is 2.82. The fraction of sp³-hybridized carbons (Fsp3) is 0.286. The van der Waals surface area contributed by atoms with E-state index < -0.39 is 6.10 Å². The first-order valence-corrected chi connectivity index (χ1v) is 7.46. The number of benzene rings is 1. The molecule has 2 rings (SSSR count). The zero-order chi connectivity index (χ0) is 13.1. The Morgan fingerprint density at radius 1 is 1.39 bits per heavy atom. The number of aryl methyl sites for hydroxylation is 1. The molecule has 18 heavy (non-hydrogen) atoms. The summed E-state index contributed by atoms with van der Waals surface area (Å²) in [5.41, 5.74) is 1.97. The summed E-state index contributed by atoms with van der Waals surface area (Å²) in [7, 11) is 0. The van der Waals surface area contributed by atoms with Crippen molar-refractivity contribution in [2.45, 2.75) is 25.9 Å². The summed E-state index contributed by atoms with van der Waals surface area (Å²) in [6.07, 6.45) is 0.778. The molecule has 1 heterocycles. The fourth-order valence-electron chi connectivity index (χ4n) is 1.98. The summed E-state index contributed by atoms with van der Waals surface area (Å²) in [6.45, 7) is 2.07. The predicted molar refractivity (Wildman–Crippen MR) is 76.5 cm³/mol. The van der Waals surface area contributed by atoms with Gasteiger partial charge in [0.2, 0.25) is 0 Å². The van der Waals surface area contributed by atoms with Crippen molar-refractivity contribution in [3.05, 3.63) is 55.9 Å². The lowest BCUT2D eigenvalue weighted by Gasteiger charge is -2.11. The van der Waals surface area contributed by atoms with E-state index in [1.807, 2.05) is 17.5 Å². The second-order valence-electron chi connectivity index (χ2n) is 4.16. The summed E-state index contributed by atoms with van der Waals surface area (Å²) in [6, 6.07) is 6.75. The van der Waals surface area contributed by atoms with Crippen LogP contribution in [0.5, 0.6) is 0 Å². The van der Waals surface area contributed by atoms with Gasteiger partial charge in [0.15, 0.2) is 0 Å². The van der Waals surface area contributed by atoms with Gasteiger partial charge in [0, 0.05) is 15.8 Å². The van der Waals surface area contributed by atoms with Crippen LogP contribution in [-0.2, 0) is 12.8 Å². The lowest BCUT2D eigenvalue weighted by molar-refractivity contribution is 0.181. The minimum absolute atomic E-state index is 0.284. The lowest BCUT2D eigenvalue weighted by atomic mass is 10.0. The summed E-state index contributed by atoms with van der Waals surface area (Å²) in [4.78, 5) is 0.984. The molecule has 0 amide bonds. The van der Waals surface area contributed by atoms with E-state index >= 15 is 0 Å². The molecule has 0 aliphatic carbocycles. The quantitative estimate of drug-likeness (QED) is 0.876. The van der Waals surface area contributed by atoms with Gasteiger partial charge in [-0.2, -0.15) is 0 Å². The number of halogens is 2. The van der Waals surface area contributed by atoms with Gasteiger partial charge in [-0.15, -0.1) is 11.3 Å². The largest absolute Gasteiger partial charge is 0.387 e. The number of thiophene rings is 1. The van der Waals surface area contributed by atoms with Crippen molar-refractivity contribution in [3.63, 3.8) is 0 Å². The molecular weight excluding hydrogens is 315 g/mol. The smallest absolute Gasteiger partial charge is 0.124 e. The highest BCUT2D eigenvalue weighted by Gasteiger charge is 2.14. The highest BCUT2D eigenvalue weighted by molar-refractivity contribution is 9.10. The van der Waals surface area contributed by atoms with Gasteiger partial charge >= 0.3 is 0 Å². The third kappa shape index (κ3) is 3.19. The van der Waals surface area contributed by atoms with Crippen LogP contribution in [0.25, 0.3) is 0 Å². The molecule has 0 spiro atoms. The third-order valence-corrected chi connectivity index (χ3v) is 4.33. The molecule has 1 nitrogen and oxygen atoms in total. The SMILES string of the molecule is CCc1ccsc1C(O)Cc1cc(F)cc(Br)c1. The van der Waals surface area contributed by atoms with Crippen molar-refractivity contribution in [2.24, 2.45) is 0 Å². The molecule has 0 radical (unpaired) electrons. The Morgan fingerprint density at radius 2 is 2.17 bits per heavy atom. The van der Waals surface area contributed by atoms with E-state index in [1.54, 1.807) is 11.3 Å². The first-order valence-electron chi connectivity index (χ1n) is 5.79. The standard InChI is InChI=1S/C14H14BrFOS/c1-2-10-3-4-18-14(10)13(17)7-9-5-11(15)8-12(16)6-9/h3-6,8,13,17H,2,7H2,1H3. The van der Waals surface area contributed by atoms with Crippen molar-refractivity contribution < 1.29 is 9.50 Å². The molecule has 1 aromatic carbocycles. The highest BCUT2D eigenvalue weighted by Crippen LogP contribution is 2.28. The average Bonchev–Trinajstić information content (AvgIpc) is 2.75. The number of rotatable bonds is 4. The second-order valence-corrected chi connectivity index (χ2v) is 6.02. The molecule has 96 valence electrons. The molecule has 0 aliphatic rings. The van der Waals surface area contributed by atoms with Crippen molar-refractivity contribution in [1.29, 1.82) is 0 Å². The highest BCUT2D eigenvalue weighted by atomic mass is 79.9. The zero-order valence-electron chi connectivity index (χ0n) is 9.99. The van der Waals surface area contributed by atoms with E-state index in [1.165, 1.54) is 17.7 Å². The summed E-state index contributed by atoms with van der Waals surface area (Å²) in [5, 5.41) is 12.2. The van der Waals surface area contributed by atoms with Crippen LogP contribution in [0.2, 0.25) is 0 Å². The van der Waals surface area contributed by atoms with Gasteiger partial charge in [-0.25, -0.2) is 4.39 Å². The molecule has 0 aliphatic heterocycles. The van der Waals surface area contributed by atoms with Crippen molar-refractivity contribution >= 4 is 27.3 Å². The van der Waals surface area contributed by atoms with Crippen molar-refractivity contribution in [2.75, 3.05) is 0 Å². The van der Waals surface area contributed by atoms with Gasteiger partial charge in [0.25, 0.3) is 0 Å². The van der Waals surface area contributed by atoms with Gasteiger partial charge in [0.05, 0.1) is 6.10 Å². The molecule has 0 saturated carbocycles. The molecule has 0 fully saturated rings. The van der Waals surface area contributed by atoms with Crippen LogP contribution in [0, 0.1) is 5.82 Å². The molecule has 1 aromatic heterocycles. The maximum atomic E-state index is 13.3. The maximum Gasteiger partial charge on any atom is 0.124 e. The minimum atomic E-state index is -0.561. The van der Waals surface area contributed by atoms with Gasteiger partial charge < -0.3 is 5.11 Å². The zero-order valence-corrected chi connectivity index (χ0v) is 12.4. The normalized spacial score (nSPS) is 12.7. The van der Waals surface area contributed by atoms with E-state index in [9.17, 15) is 9.50 Å². The Balaban J connectivity index is 2.18. The topological polar surface area (TPSA) is 20.2 Å². The Labute approximate surface area is 118 Å². The molecule has 0 bridgehead atoms. The summed E-state index contributed by atoms with van der Waals surface area (Å²) >= 11 is 4.82. The Bertz CT molecular complexity index is 518. The predicted octanol–water partition coefficient (Wildman–Crippen LogP) is 4.49. The Hall–Kier alpha value is -0.710. The van der Waals surface area contributed by atoms with E-state index in [2.05, 4.69) is 22.9 Å². The van der Waals surface area contributed by atoms with E-state index in [-0.39, 0.29) is 5.82 Å². The van der Waals surface area contributed by atoms with Gasteiger partial charge in [-0.05, 0) is 47.2 Å². The monoisotopic (exact) mass is 328 g/mol. The van der Waals surface area contributed by atoms with E-state index in [4.69, 9.17) is 0 Å². The minimum Gasteiger partial charge on any atom is -0.387 e. The van der Waals surface area contributed by atoms with Crippen LogP contribution in [-0.4, -0.2) is 5.11 Å².